The number of aliphatic hydroxyl groups excluding tert-OH is 9. The molecule has 0 aromatic rings. The molecule has 4 saturated carbocycles. The highest BCUT2D eigenvalue weighted by molar-refractivity contribution is 5.19. The Hall–Kier alpha value is -0.600. The number of ether oxygens (including phenoxy) is 6. The van der Waals surface area contributed by atoms with Crippen LogP contribution in [0.5, 0.6) is 0 Å². The van der Waals surface area contributed by atoms with E-state index >= 15 is 0 Å². The standard InChI is InChI=1S/C39H64O15/c1-16-11-24(42)39(49-15-16)17(2)25-33(54-39)29(45)26-20-6-5-18-12-19(7-9-37(18,3)21(20)8-10-38(25,26)4)50-36-34(31(47)28(44)23(14-41)52-36)53-35-32(48)30(46)27(43)22(13-40)51-35/h16-36,40-48H,5-15H2,1-4H3/t16-,17+,18-,19+,20-,21+,22-,23-,24+,25+,26-,27-,28+,29-,30+,31+,32-,33-,34-,35+,36-,37+,38-,39+/m1/s1. The molecule has 8 fully saturated rings. The van der Waals surface area contributed by atoms with E-state index < -0.39 is 92.6 Å². The van der Waals surface area contributed by atoms with Crippen molar-refractivity contribution in [3.05, 3.63) is 0 Å². The van der Waals surface area contributed by atoms with E-state index in [1.165, 1.54) is 0 Å². The quantitative estimate of drug-likeness (QED) is 0.153. The van der Waals surface area contributed by atoms with Gasteiger partial charge in [-0.15, -0.1) is 0 Å². The molecular formula is C39H64O15. The lowest BCUT2D eigenvalue weighted by Crippen LogP contribution is -2.65. The SMILES string of the molecule is C[C@H]1CO[C@@]2(O[C@H]3[C@H](O)[C@H]4[C@@H]5CC[C@@H]6C[C@@H](O[C@@H]7O[C@H](CO)[C@H](O)[C@H](O)[C@H]7O[C@@H]7O[C@H](CO)[C@@H](O)[C@H](O)[C@H]7O)CC[C@]6(C)[C@H]5CC[C@]4(C)[C@H]3[C@@H]2C)[C@@H](O)C1. The van der Waals surface area contributed by atoms with Crippen LogP contribution in [0.15, 0.2) is 0 Å². The summed E-state index contributed by atoms with van der Waals surface area (Å²) < 4.78 is 36.9. The van der Waals surface area contributed by atoms with Crippen LogP contribution in [0.3, 0.4) is 0 Å². The first-order chi connectivity index (χ1) is 25.6. The minimum absolute atomic E-state index is 0.00295. The molecule has 0 radical (unpaired) electrons. The van der Waals surface area contributed by atoms with Gasteiger partial charge in [0.1, 0.15) is 54.9 Å². The monoisotopic (exact) mass is 772 g/mol. The first kappa shape index (κ1) is 40.2. The summed E-state index contributed by atoms with van der Waals surface area (Å²) in [6.45, 7) is 8.23. The first-order valence-electron chi connectivity index (χ1n) is 20.5. The molecule has 15 nitrogen and oxygen atoms in total. The third kappa shape index (κ3) is 6.01. The third-order valence-corrected chi connectivity index (χ3v) is 16.2. The molecule has 1 spiro atoms. The van der Waals surface area contributed by atoms with Crippen molar-refractivity contribution in [2.45, 2.75) is 171 Å². The van der Waals surface area contributed by atoms with Crippen LogP contribution < -0.4 is 0 Å². The summed E-state index contributed by atoms with van der Waals surface area (Å²) in [6.07, 6.45) is -10.2. The van der Waals surface area contributed by atoms with E-state index in [1.54, 1.807) is 0 Å². The van der Waals surface area contributed by atoms with E-state index in [1.807, 2.05) is 0 Å². The van der Waals surface area contributed by atoms with E-state index in [4.69, 9.17) is 28.4 Å². The Morgan fingerprint density at radius 2 is 1.33 bits per heavy atom. The average molecular weight is 773 g/mol. The van der Waals surface area contributed by atoms with Crippen molar-refractivity contribution in [3.8, 4) is 0 Å². The number of hydrogen-bond donors (Lipinski definition) is 9. The molecule has 0 amide bonds. The molecule has 4 saturated heterocycles. The van der Waals surface area contributed by atoms with Gasteiger partial charge in [0, 0.05) is 11.8 Å². The van der Waals surface area contributed by atoms with Gasteiger partial charge in [0.15, 0.2) is 18.4 Å². The maximum absolute atomic E-state index is 12.1. The molecule has 0 bridgehead atoms. The molecule has 15 heteroatoms. The summed E-state index contributed by atoms with van der Waals surface area (Å²) in [6, 6.07) is 0. The lowest BCUT2D eigenvalue weighted by atomic mass is 9.44. The number of fused-ring (bicyclic) bond motifs is 7. The predicted molar refractivity (Wildman–Crippen MR) is 186 cm³/mol. The maximum atomic E-state index is 12.1. The molecule has 4 aliphatic carbocycles. The molecule has 4 aliphatic heterocycles. The van der Waals surface area contributed by atoms with Crippen LogP contribution in [0.2, 0.25) is 0 Å². The lowest BCUT2D eigenvalue weighted by Gasteiger charge is -2.61. The van der Waals surface area contributed by atoms with Crippen molar-refractivity contribution in [2.24, 2.45) is 52.3 Å². The fourth-order valence-electron chi connectivity index (χ4n) is 13.4. The second-order valence-corrected chi connectivity index (χ2v) is 18.9. The minimum atomic E-state index is -1.74. The van der Waals surface area contributed by atoms with Gasteiger partial charge in [-0.2, -0.15) is 0 Å². The smallest absolute Gasteiger partial charge is 0.197 e. The van der Waals surface area contributed by atoms with Gasteiger partial charge in [-0.05, 0) is 91.8 Å². The topological polar surface area (TPSA) is 237 Å². The summed E-state index contributed by atoms with van der Waals surface area (Å²) in [7, 11) is 0. The highest BCUT2D eigenvalue weighted by Crippen LogP contribution is 2.71. The molecule has 0 aromatic heterocycles. The van der Waals surface area contributed by atoms with Gasteiger partial charge in [-0.3, -0.25) is 0 Å². The van der Waals surface area contributed by atoms with Crippen LogP contribution in [-0.4, -0.2) is 157 Å². The van der Waals surface area contributed by atoms with Crippen molar-refractivity contribution in [2.75, 3.05) is 19.8 Å². The second kappa shape index (κ2) is 14.6. The highest BCUT2D eigenvalue weighted by Gasteiger charge is 2.73. The zero-order valence-corrected chi connectivity index (χ0v) is 31.9. The summed E-state index contributed by atoms with van der Waals surface area (Å²) >= 11 is 0. The van der Waals surface area contributed by atoms with Gasteiger partial charge in [0.2, 0.25) is 0 Å². The molecule has 8 aliphatic rings. The van der Waals surface area contributed by atoms with Crippen molar-refractivity contribution in [3.63, 3.8) is 0 Å². The Morgan fingerprint density at radius 3 is 2.02 bits per heavy atom. The molecule has 8 rings (SSSR count). The lowest BCUT2D eigenvalue weighted by molar-refractivity contribution is -0.373. The summed E-state index contributed by atoms with van der Waals surface area (Å²) in [4.78, 5) is 0. The molecule has 310 valence electrons. The fraction of sp³-hybridized carbons (Fsp3) is 1.00. The molecule has 0 aromatic carbocycles. The van der Waals surface area contributed by atoms with E-state index in [9.17, 15) is 46.0 Å². The van der Waals surface area contributed by atoms with Gasteiger partial charge in [0.25, 0.3) is 0 Å². The Labute approximate surface area is 316 Å². The van der Waals surface area contributed by atoms with Crippen LogP contribution >= 0.6 is 0 Å². The van der Waals surface area contributed by atoms with Crippen LogP contribution in [0.4, 0.5) is 0 Å². The Kier molecular flexibility index (Phi) is 10.9. The normalized spacial score (nSPS) is 60.1. The summed E-state index contributed by atoms with van der Waals surface area (Å²) in [5, 5.41) is 96.1. The average Bonchev–Trinajstić information content (AvgIpc) is 3.57. The van der Waals surface area contributed by atoms with Crippen LogP contribution in [0.1, 0.15) is 79.1 Å². The zero-order chi connectivity index (χ0) is 38.6. The van der Waals surface area contributed by atoms with E-state index in [0.717, 1.165) is 32.1 Å². The predicted octanol–water partition coefficient (Wildman–Crippen LogP) is -0.616. The molecule has 54 heavy (non-hydrogen) atoms. The van der Waals surface area contributed by atoms with Crippen molar-refractivity contribution in [1.82, 2.24) is 0 Å². The molecular weight excluding hydrogens is 708 g/mol. The van der Waals surface area contributed by atoms with E-state index in [0.29, 0.717) is 43.6 Å². The Bertz CT molecular complexity index is 1340. The molecule has 4 heterocycles. The Morgan fingerprint density at radius 1 is 0.667 bits per heavy atom. The minimum Gasteiger partial charge on any atom is -0.394 e. The van der Waals surface area contributed by atoms with Crippen molar-refractivity contribution < 1.29 is 74.4 Å². The van der Waals surface area contributed by atoms with E-state index in [-0.39, 0.29) is 46.7 Å². The van der Waals surface area contributed by atoms with Crippen LogP contribution in [0.25, 0.3) is 0 Å². The Balaban J connectivity index is 0.959. The van der Waals surface area contributed by atoms with Gasteiger partial charge < -0.3 is 74.4 Å². The molecule has 24 atom stereocenters. The zero-order valence-electron chi connectivity index (χ0n) is 31.9. The van der Waals surface area contributed by atoms with Crippen molar-refractivity contribution in [1.29, 1.82) is 0 Å². The fourth-order valence-corrected chi connectivity index (χ4v) is 13.4. The first-order valence-corrected chi connectivity index (χ1v) is 20.5. The van der Waals surface area contributed by atoms with Gasteiger partial charge in [-0.25, -0.2) is 0 Å². The summed E-state index contributed by atoms with van der Waals surface area (Å²) in [5.41, 5.74) is -0.149. The van der Waals surface area contributed by atoms with Crippen LogP contribution in [-0.2, 0) is 28.4 Å². The van der Waals surface area contributed by atoms with Crippen LogP contribution in [0, 0.1) is 52.3 Å². The second-order valence-electron chi connectivity index (χ2n) is 18.9. The van der Waals surface area contributed by atoms with Gasteiger partial charge in [-0.1, -0.05) is 27.7 Å². The number of hydrogen-bond acceptors (Lipinski definition) is 15. The largest absolute Gasteiger partial charge is 0.394 e. The molecule has 0 unspecified atom stereocenters. The maximum Gasteiger partial charge on any atom is 0.197 e. The number of rotatable bonds is 6. The van der Waals surface area contributed by atoms with E-state index in [2.05, 4.69) is 27.7 Å². The third-order valence-electron chi connectivity index (χ3n) is 16.2. The highest BCUT2D eigenvalue weighted by atomic mass is 16.8. The van der Waals surface area contributed by atoms with Gasteiger partial charge >= 0.3 is 0 Å². The number of aliphatic hydroxyl groups is 9. The molecule has 9 N–H and O–H groups in total. The van der Waals surface area contributed by atoms with Crippen molar-refractivity contribution >= 4 is 0 Å². The van der Waals surface area contributed by atoms with Gasteiger partial charge in [0.05, 0.1) is 38.1 Å². The summed E-state index contributed by atoms with van der Waals surface area (Å²) in [5.74, 6) is 0.330.